The molecule has 0 saturated carbocycles. The summed E-state index contributed by atoms with van der Waals surface area (Å²) in [4.78, 5) is 20.1. The van der Waals surface area contributed by atoms with Crippen LogP contribution in [-0.4, -0.2) is 16.2 Å². The third-order valence-electron chi connectivity index (χ3n) is 10.7. The van der Waals surface area contributed by atoms with Gasteiger partial charge in [0.15, 0.2) is 0 Å². The van der Waals surface area contributed by atoms with Crippen molar-refractivity contribution < 1.29 is 0 Å². The molecule has 3 aromatic heterocycles. The average Bonchev–Trinajstić information content (AvgIpc) is 4.12. The SMILES string of the molecule is C/C=N\c1c(N)c(-c2ccc(-c3ccc(N(c4ccccc4)c4ccccc4)s3)cc2)c2nc[nH]c2c1-c1ccc(-c2ccc(N(c3ccccc3)c3ccccc3)s2)cc1. The van der Waals surface area contributed by atoms with Crippen molar-refractivity contribution in [3.8, 4) is 43.1 Å². The van der Waals surface area contributed by atoms with Crippen molar-refractivity contribution in [3.05, 3.63) is 200 Å². The summed E-state index contributed by atoms with van der Waals surface area (Å²) in [7, 11) is 0. The van der Waals surface area contributed by atoms with E-state index in [-0.39, 0.29) is 0 Å². The van der Waals surface area contributed by atoms with Crippen molar-refractivity contribution in [2.75, 3.05) is 15.5 Å². The molecule has 3 heterocycles. The fourth-order valence-electron chi connectivity index (χ4n) is 7.93. The van der Waals surface area contributed by atoms with E-state index in [0.29, 0.717) is 5.69 Å². The van der Waals surface area contributed by atoms with Crippen LogP contribution in [0.3, 0.4) is 0 Å². The van der Waals surface area contributed by atoms with Gasteiger partial charge in [0.05, 0.1) is 28.7 Å². The molecule has 10 aromatic rings. The van der Waals surface area contributed by atoms with Crippen LogP contribution in [0.5, 0.6) is 0 Å². The van der Waals surface area contributed by atoms with Gasteiger partial charge in [0, 0.05) is 49.8 Å². The molecule has 0 atom stereocenters. The van der Waals surface area contributed by atoms with Crippen molar-refractivity contribution >= 4 is 84.0 Å². The van der Waals surface area contributed by atoms with Gasteiger partial charge in [-0.1, -0.05) is 121 Å². The second-order valence-electron chi connectivity index (χ2n) is 14.5. The van der Waals surface area contributed by atoms with Crippen LogP contribution in [0.4, 0.5) is 44.1 Å². The van der Waals surface area contributed by atoms with Crippen molar-refractivity contribution in [2.45, 2.75) is 6.92 Å². The van der Waals surface area contributed by atoms with Crippen molar-refractivity contribution in [1.82, 2.24) is 9.97 Å². The normalized spacial score (nSPS) is 11.4. The molecular formula is C53H40N6S2. The minimum atomic E-state index is 0.592. The van der Waals surface area contributed by atoms with Crippen molar-refractivity contribution in [3.63, 3.8) is 0 Å². The van der Waals surface area contributed by atoms with E-state index in [1.807, 2.05) is 19.1 Å². The Balaban J connectivity index is 0.965. The van der Waals surface area contributed by atoms with Gasteiger partial charge in [-0.05, 0) is 102 Å². The Morgan fingerprint density at radius 1 is 0.492 bits per heavy atom. The van der Waals surface area contributed by atoms with Crippen LogP contribution in [0, 0.1) is 0 Å². The maximum Gasteiger partial charge on any atom is 0.101 e. The number of benzene rings is 7. The fraction of sp³-hybridized carbons (Fsp3) is 0.0189. The summed E-state index contributed by atoms with van der Waals surface area (Å²) in [6, 6.07) is 68.1. The first-order valence-corrected chi connectivity index (χ1v) is 21.8. The molecule has 294 valence electrons. The lowest BCUT2D eigenvalue weighted by atomic mass is 9.93. The van der Waals surface area contributed by atoms with Crippen LogP contribution in [0.2, 0.25) is 0 Å². The number of aromatic amines is 1. The van der Waals surface area contributed by atoms with Gasteiger partial charge in [0.1, 0.15) is 10.0 Å². The topological polar surface area (TPSA) is 73.5 Å². The minimum Gasteiger partial charge on any atom is -0.396 e. The van der Waals surface area contributed by atoms with E-state index < -0.39 is 0 Å². The first-order valence-electron chi connectivity index (χ1n) is 20.1. The van der Waals surface area contributed by atoms with E-state index in [9.17, 15) is 0 Å². The zero-order chi connectivity index (χ0) is 41.1. The van der Waals surface area contributed by atoms with Gasteiger partial charge in [-0.15, -0.1) is 22.7 Å². The summed E-state index contributed by atoms with van der Waals surface area (Å²) < 4.78 is 0. The molecule has 0 spiro atoms. The van der Waals surface area contributed by atoms with Gasteiger partial charge in [0.25, 0.3) is 0 Å². The highest BCUT2D eigenvalue weighted by Crippen LogP contribution is 2.49. The third-order valence-corrected chi connectivity index (χ3v) is 13.0. The molecule has 8 heteroatoms. The molecule has 0 radical (unpaired) electrons. The number of para-hydroxylation sites is 4. The molecule has 0 bridgehead atoms. The quantitative estimate of drug-likeness (QED) is 0.101. The maximum atomic E-state index is 7.14. The van der Waals surface area contributed by atoms with E-state index in [1.54, 1.807) is 35.2 Å². The van der Waals surface area contributed by atoms with E-state index >= 15 is 0 Å². The number of anilines is 7. The van der Waals surface area contributed by atoms with Gasteiger partial charge < -0.3 is 20.5 Å². The van der Waals surface area contributed by atoms with E-state index in [0.717, 1.165) is 82.9 Å². The van der Waals surface area contributed by atoms with E-state index in [1.165, 1.54) is 9.75 Å². The molecule has 7 aromatic carbocycles. The predicted molar refractivity (Wildman–Crippen MR) is 261 cm³/mol. The highest BCUT2D eigenvalue weighted by atomic mass is 32.1. The first-order chi connectivity index (χ1) is 30.1. The Morgan fingerprint density at radius 3 is 1.30 bits per heavy atom. The summed E-state index contributed by atoms with van der Waals surface area (Å²) in [6.45, 7) is 1.92. The molecule has 61 heavy (non-hydrogen) atoms. The van der Waals surface area contributed by atoms with Crippen LogP contribution in [0.25, 0.3) is 54.2 Å². The summed E-state index contributed by atoms with van der Waals surface area (Å²) in [5.41, 5.74) is 20.7. The number of hydrogen-bond donors (Lipinski definition) is 2. The minimum absolute atomic E-state index is 0.592. The third kappa shape index (κ3) is 7.29. The number of nitrogens with two attached hydrogens (primary N) is 1. The Morgan fingerprint density at radius 2 is 0.885 bits per heavy atom. The molecule has 0 saturated heterocycles. The molecular weight excluding hydrogens is 785 g/mol. The number of rotatable bonds is 11. The fourth-order valence-corrected chi connectivity index (χ4v) is 10.0. The van der Waals surface area contributed by atoms with E-state index in [2.05, 4.69) is 197 Å². The molecule has 0 fully saturated rings. The number of hydrogen-bond acceptors (Lipinski definition) is 7. The van der Waals surface area contributed by atoms with Gasteiger partial charge in [-0.3, -0.25) is 4.99 Å². The number of nitrogen functional groups attached to an aromatic ring is 1. The molecule has 0 aliphatic heterocycles. The van der Waals surface area contributed by atoms with Crippen LogP contribution in [0.1, 0.15) is 6.92 Å². The van der Waals surface area contributed by atoms with Gasteiger partial charge >= 0.3 is 0 Å². The highest BCUT2D eigenvalue weighted by Gasteiger charge is 2.23. The van der Waals surface area contributed by atoms with E-state index in [4.69, 9.17) is 15.7 Å². The first kappa shape index (κ1) is 37.7. The molecule has 0 aliphatic rings. The van der Waals surface area contributed by atoms with Crippen molar-refractivity contribution in [2.24, 2.45) is 4.99 Å². The van der Waals surface area contributed by atoms with Crippen LogP contribution in [-0.2, 0) is 0 Å². The number of aromatic nitrogens is 2. The lowest BCUT2D eigenvalue weighted by Crippen LogP contribution is -2.07. The van der Waals surface area contributed by atoms with Gasteiger partial charge in [-0.2, -0.15) is 0 Å². The lowest BCUT2D eigenvalue weighted by Gasteiger charge is -2.23. The highest BCUT2D eigenvalue weighted by molar-refractivity contribution is 7.19. The van der Waals surface area contributed by atoms with Gasteiger partial charge in [-0.25, -0.2) is 4.98 Å². The Kier molecular flexibility index (Phi) is 10.3. The Bertz CT molecular complexity index is 3000. The standard InChI is InChI=1S/C53H40N6S2/c1-2-55-51-49(39-29-25-37(26-30-39)45-32-34-47(61-45)59(42-19-11-5-12-20-42)43-21-13-6-14-22-43)53-52(56-35-57-53)48(50(51)54)38-27-23-36(24-28-38)44-31-33-46(60-44)58(40-15-7-3-8-16-40)41-17-9-4-10-18-41/h2-35H,54H2,1H3,(H,56,57)/b55-2-. The second-order valence-corrected chi connectivity index (χ2v) is 16.6. The zero-order valence-electron chi connectivity index (χ0n) is 33.3. The van der Waals surface area contributed by atoms with Crippen LogP contribution >= 0.6 is 22.7 Å². The monoisotopic (exact) mass is 824 g/mol. The molecule has 10 rings (SSSR count). The molecule has 6 nitrogen and oxygen atoms in total. The predicted octanol–water partition coefficient (Wildman–Crippen LogP) is 15.6. The molecule has 0 aliphatic carbocycles. The number of H-pyrrole nitrogens is 1. The smallest absolute Gasteiger partial charge is 0.101 e. The number of nitrogens with one attached hydrogen (secondary N) is 1. The molecule has 3 N–H and O–H groups in total. The summed E-state index contributed by atoms with van der Waals surface area (Å²) in [5.74, 6) is 0. The summed E-state index contributed by atoms with van der Waals surface area (Å²) in [5, 5.41) is 2.28. The number of imidazole rings is 1. The van der Waals surface area contributed by atoms with Gasteiger partial charge in [0.2, 0.25) is 0 Å². The summed E-state index contributed by atoms with van der Waals surface area (Å²) >= 11 is 3.53. The number of aliphatic imine (C=N–C) groups is 1. The Hall–Kier alpha value is -7.52. The Labute approximate surface area is 363 Å². The number of thiophene rings is 2. The van der Waals surface area contributed by atoms with Crippen LogP contribution < -0.4 is 15.5 Å². The molecule has 0 amide bonds. The number of nitrogens with zero attached hydrogens (tertiary/aromatic N) is 4. The number of fused-ring (bicyclic) bond motifs is 1. The molecule has 0 unspecified atom stereocenters. The second kappa shape index (κ2) is 16.6. The van der Waals surface area contributed by atoms with Crippen molar-refractivity contribution in [1.29, 1.82) is 0 Å². The average molecular weight is 825 g/mol. The largest absolute Gasteiger partial charge is 0.396 e. The zero-order valence-corrected chi connectivity index (χ0v) is 34.9. The maximum absolute atomic E-state index is 7.14. The van der Waals surface area contributed by atoms with Crippen LogP contribution in [0.15, 0.2) is 205 Å². The summed E-state index contributed by atoms with van der Waals surface area (Å²) in [6.07, 6.45) is 3.55. The lowest BCUT2D eigenvalue weighted by molar-refractivity contribution is 1.32.